The van der Waals surface area contributed by atoms with Gasteiger partial charge in [0, 0.05) is 11.3 Å². The van der Waals surface area contributed by atoms with Gasteiger partial charge < -0.3 is 16.2 Å². The lowest BCUT2D eigenvalue weighted by Crippen LogP contribution is -2.28. The molecule has 0 heterocycles. The molecule has 1 rings (SSSR count). The summed E-state index contributed by atoms with van der Waals surface area (Å²) in [6.45, 7) is 3.55. The molecule has 5 heteroatoms. The summed E-state index contributed by atoms with van der Waals surface area (Å²) >= 11 is 0. The van der Waals surface area contributed by atoms with E-state index in [2.05, 4.69) is 5.32 Å². The van der Waals surface area contributed by atoms with Crippen molar-refractivity contribution < 1.29 is 14.7 Å². The predicted molar refractivity (Wildman–Crippen MR) is 65.0 cm³/mol. The molecule has 1 aromatic carbocycles. The third-order valence-corrected chi connectivity index (χ3v) is 2.54. The fourth-order valence-electron chi connectivity index (χ4n) is 1.57. The minimum atomic E-state index is -0.899. The van der Waals surface area contributed by atoms with E-state index >= 15 is 0 Å². The van der Waals surface area contributed by atoms with Gasteiger partial charge in [-0.05, 0) is 37.1 Å². The molecule has 5 nitrogen and oxygen atoms in total. The van der Waals surface area contributed by atoms with E-state index in [4.69, 9.17) is 10.8 Å². The number of nitrogens with one attached hydrogen (secondary N) is 1. The third kappa shape index (κ3) is 3.21. The lowest BCUT2D eigenvalue weighted by atomic mass is 10.1. The first-order chi connectivity index (χ1) is 7.95. The lowest BCUT2D eigenvalue weighted by molar-refractivity contribution is -0.137. The van der Waals surface area contributed by atoms with Gasteiger partial charge >= 0.3 is 5.97 Å². The SMILES string of the molecule is CCC(Nc1ccc(C(N)=O)c(C)c1)C(=O)O. The highest BCUT2D eigenvalue weighted by atomic mass is 16.4. The minimum Gasteiger partial charge on any atom is -0.480 e. The van der Waals surface area contributed by atoms with Crippen molar-refractivity contribution in [2.45, 2.75) is 26.3 Å². The number of anilines is 1. The third-order valence-electron chi connectivity index (χ3n) is 2.54. The van der Waals surface area contributed by atoms with Gasteiger partial charge in [-0.25, -0.2) is 4.79 Å². The Morgan fingerprint density at radius 1 is 1.47 bits per heavy atom. The number of carboxylic acids is 1. The molecule has 1 unspecified atom stereocenters. The van der Waals surface area contributed by atoms with Gasteiger partial charge in [0.05, 0.1) is 0 Å². The number of carbonyl (C=O) groups is 2. The topological polar surface area (TPSA) is 92.4 Å². The van der Waals surface area contributed by atoms with Gasteiger partial charge in [-0.3, -0.25) is 4.79 Å². The maximum Gasteiger partial charge on any atom is 0.326 e. The number of aliphatic carboxylic acids is 1. The zero-order valence-electron chi connectivity index (χ0n) is 9.86. The normalized spacial score (nSPS) is 11.9. The molecule has 0 aliphatic rings. The van der Waals surface area contributed by atoms with Crippen molar-refractivity contribution >= 4 is 17.6 Å². The average molecular weight is 236 g/mol. The molecule has 0 spiro atoms. The Bertz CT molecular complexity index is 443. The molecule has 92 valence electrons. The van der Waals surface area contributed by atoms with E-state index < -0.39 is 17.9 Å². The first-order valence-corrected chi connectivity index (χ1v) is 5.35. The zero-order chi connectivity index (χ0) is 13.0. The van der Waals surface area contributed by atoms with Gasteiger partial charge in [-0.15, -0.1) is 0 Å². The number of carbonyl (C=O) groups excluding carboxylic acids is 1. The van der Waals surface area contributed by atoms with E-state index in [1.54, 1.807) is 32.0 Å². The van der Waals surface area contributed by atoms with Crippen LogP contribution in [-0.2, 0) is 4.79 Å². The first-order valence-electron chi connectivity index (χ1n) is 5.35. The smallest absolute Gasteiger partial charge is 0.326 e. The molecule has 0 radical (unpaired) electrons. The summed E-state index contributed by atoms with van der Waals surface area (Å²) in [5, 5.41) is 11.8. The van der Waals surface area contributed by atoms with Crippen molar-refractivity contribution in [2.24, 2.45) is 5.73 Å². The summed E-state index contributed by atoms with van der Waals surface area (Å²) < 4.78 is 0. The van der Waals surface area contributed by atoms with Crippen LogP contribution in [0.5, 0.6) is 0 Å². The van der Waals surface area contributed by atoms with Crippen LogP contribution < -0.4 is 11.1 Å². The quantitative estimate of drug-likeness (QED) is 0.719. The van der Waals surface area contributed by atoms with Crippen LogP contribution in [0.4, 0.5) is 5.69 Å². The Labute approximate surface area is 99.6 Å². The first kappa shape index (κ1) is 13.0. The van der Waals surface area contributed by atoms with Gasteiger partial charge in [0.2, 0.25) is 5.91 Å². The second-order valence-corrected chi connectivity index (χ2v) is 3.84. The van der Waals surface area contributed by atoms with Crippen molar-refractivity contribution in [1.29, 1.82) is 0 Å². The van der Waals surface area contributed by atoms with E-state index in [9.17, 15) is 9.59 Å². The number of benzene rings is 1. The van der Waals surface area contributed by atoms with Crippen molar-refractivity contribution in [2.75, 3.05) is 5.32 Å². The Balaban J connectivity index is 2.90. The summed E-state index contributed by atoms with van der Waals surface area (Å²) in [5.41, 5.74) is 7.02. The molecule has 4 N–H and O–H groups in total. The van der Waals surface area contributed by atoms with Gasteiger partial charge in [-0.2, -0.15) is 0 Å². The highest BCUT2D eigenvalue weighted by Gasteiger charge is 2.14. The van der Waals surface area contributed by atoms with Crippen LogP contribution in [0.1, 0.15) is 29.3 Å². The van der Waals surface area contributed by atoms with Crippen LogP contribution in [0.25, 0.3) is 0 Å². The number of amides is 1. The van der Waals surface area contributed by atoms with Gasteiger partial charge in [0.1, 0.15) is 6.04 Å². The molecule has 0 aliphatic heterocycles. The molecule has 17 heavy (non-hydrogen) atoms. The van der Waals surface area contributed by atoms with E-state index in [1.807, 2.05) is 0 Å². The summed E-state index contributed by atoms with van der Waals surface area (Å²) in [4.78, 5) is 21.9. The molecule has 1 atom stereocenters. The maximum atomic E-state index is 11.0. The number of carboxylic acid groups (broad SMARTS) is 1. The van der Waals surface area contributed by atoms with Crippen LogP contribution in [0, 0.1) is 6.92 Å². The van der Waals surface area contributed by atoms with Crippen LogP contribution >= 0.6 is 0 Å². The molecule has 1 amide bonds. The molecule has 0 saturated carbocycles. The molecular weight excluding hydrogens is 220 g/mol. The average Bonchev–Trinajstić information content (AvgIpc) is 2.24. The number of rotatable bonds is 5. The fraction of sp³-hybridized carbons (Fsp3) is 0.333. The van der Waals surface area contributed by atoms with Gasteiger partial charge in [-0.1, -0.05) is 6.92 Å². The van der Waals surface area contributed by atoms with E-state index in [0.717, 1.165) is 5.56 Å². The molecule has 0 bridgehead atoms. The summed E-state index contributed by atoms with van der Waals surface area (Å²) in [6.07, 6.45) is 0.478. The van der Waals surface area contributed by atoms with E-state index in [-0.39, 0.29) is 0 Å². The summed E-state index contributed by atoms with van der Waals surface area (Å²) in [6, 6.07) is 4.33. The molecule has 0 fully saturated rings. The minimum absolute atomic E-state index is 0.443. The molecule has 1 aromatic rings. The van der Waals surface area contributed by atoms with Gasteiger partial charge in [0.15, 0.2) is 0 Å². The predicted octanol–water partition coefficient (Wildman–Crippen LogP) is 1.37. The van der Waals surface area contributed by atoms with Crippen molar-refractivity contribution in [3.8, 4) is 0 Å². The number of primary amides is 1. The van der Waals surface area contributed by atoms with Crippen molar-refractivity contribution in [3.05, 3.63) is 29.3 Å². The highest BCUT2D eigenvalue weighted by Crippen LogP contribution is 2.16. The highest BCUT2D eigenvalue weighted by molar-refractivity contribution is 5.94. The maximum absolute atomic E-state index is 11.0. The van der Waals surface area contributed by atoms with Crippen LogP contribution in [-0.4, -0.2) is 23.0 Å². The van der Waals surface area contributed by atoms with E-state index in [0.29, 0.717) is 17.7 Å². The van der Waals surface area contributed by atoms with E-state index in [1.165, 1.54) is 0 Å². The number of hydrogen-bond acceptors (Lipinski definition) is 3. The fourth-order valence-corrected chi connectivity index (χ4v) is 1.57. The Hall–Kier alpha value is -2.04. The summed E-state index contributed by atoms with van der Waals surface area (Å²) in [5.74, 6) is -1.39. The second-order valence-electron chi connectivity index (χ2n) is 3.84. The van der Waals surface area contributed by atoms with Crippen LogP contribution in [0.15, 0.2) is 18.2 Å². The van der Waals surface area contributed by atoms with Crippen LogP contribution in [0.2, 0.25) is 0 Å². The second kappa shape index (κ2) is 5.34. The Morgan fingerprint density at radius 2 is 2.12 bits per heavy atom. The molecular formula is C12H16N2O3. The Morgan fingerprint density at radius 3 is 2.53 bits per heavy atom. The number of hydrogen-bond donors (Lipinski definition) is 3. The van der Waals surface area contributed by atoms with Crippen molar-refractivity contribution in [3.63, 3.8) is 0 Å². The molecule has 0 aromatic heterocycles. The monoisotopic (exact) mass is 236 g/mol. The molecule has 0 aliphatic carbocycles. The van der Waals surface area contributed by atoms with Crippen molar-refractivity contribution in [1.82, 2.24) is 0 Å². The number of nitrogens with two attached hydrogens (primary N) is 1. The lowest BCUT2D eigenvalue weighted by Gasteiger charge is -2.14. The largest absolute Gasteiger partial charge is 0.480 e. The molecule has 0 saturated heterocycles. The van der Waals surface area contributed by atoms with Gasteiger partial charge in [0.25, 0.3) is 0 Å². The number of aryl methyl sites for hydroxylation is 1. The summed E-state index contributed by atoms with van der Waals surface area (Å²) in [7, 11) is 0. The zero-order valence-corrected chi connectivity index (χ0v) is 9.86. The Kier molecular flexibility index (Phi) is 4.09. The standard InChI is InChI=1S/C12H16N2O3/c1-3-10(12(16)17)14-8-4-5-9(11(13)15)7(2)6-8/h4-6,10,14H,3H2,1-2H3,(H2,13,15)(H,16,17). The van der Waals surface area contributed by atoms with Crippen LogP contribution in [0.3, 0.4) is 0 Å².